The minimum atomic E-state index is -3.92. The molecule has 0 aliphatic carbocycles. The third-order valence-corrected chi connectivity index (χ3v) is 7.50. The first-order valence-corrected chi connectivity index (χ1v) is 13.0. The van der Waals surface area contributed by atoms with Crippen LogP contribution in [0.25, 0.3) is 10.9 Å². The Morgan fingerprint density at radius 2 is 1.67 bits per heavy atom. The van der Waals surface area contributed by atoms with Gasteiger partial charge in [0.25, 0.3) is 15.9 Å². The summed E-state index contributed by atoms with van der Waals surface area (Å²) in [5.41, 5.74) is 1.78. The van der Waals surface area contributed by atoms with Gasteiger partial charge in [0.05, 0.1) is 11.1 Å². The van der Waals surface area contributed by atoms with Crippen LogP contribution < -0.4 is 4.72 Å². The van der Waals surface area contributed by atoms with Crippen LogP contribution in [0.4, 0.5) is 10.2 Å². The molecule has 1 aliphatic heterocycles. The first-order chi connectivity index (χ1) is 17.4. The summed E-state index contributed by atoms with van der Waals surface area (Å²) in [6.07, 6.45) is 2.93. The first-order valence-electron chi connectivity index (χ1n) is 11.5. The molecule has 36 heavy (non-hydrogen) atoms. The maximum absolute atomic E-state index is 13.1. The van der Waals surface area contributed by atoms with Crippen LogP contribution in [0.5, 0.6) is 0 Å². The fourth-order valence-corrected chi connectivity index (χ4v) is 5.39. The van der Waals surface area contributed by atoms with Crippen LogP contribution in [0.2, 0.25) is 0 Å². The van der Waals surface area contributed by atoms with Crippen molar-refractivity contribution in [2.45, 2.75) is 11.4 Å². The Morgan fingerprint density at radius 1 is 0.917 bits per heavy atom. The lowest BCUT2D eigenvalue weighted by atomic mass is 10.2. The first kappa shape index (κ1) is 23.8. The van der Waals surface area contributed by atoms with Crippen LogP contribution in [0.3, 0.4) is 0 Å². The Hall–Kier alpha value is -3.89. The van der Waals surface area contributed by atoms with Gasteiger partial charge in [-0.3, -0.25) is 19.4 Å². The molecular weight excluding hydrogens is 481 g/mol. The second-order valence-electron chi connectivity index (χ2n) is 8.56. The highest BCUT2D eigenvalue weighted by atomic mass is 32.2. The predicted octanol–water partition coefficient (Wildman–Crippen LogP) is 3.53. The molecule has 1 fully saturated rings. The van der Waals surface area contributed by atoms with Crippen molar-refractivity contribution in [2.75, 3.05) is 30.9 Å². The molecule has 0 radical (unpaired) electrons. The number of aromatic nitrogens is 2. The van der Waals surface area contributed by atoms with Gasteiger partial charge in [0.15, 0.2) is 0 Å². The van der Waals surface area contributed by atoms with E-state index in [1.807, 2.05) is 0 Å². The second-order valence-corrected chi connectivity index (χ2v) is 10.2. The summed E-state index contributed by atoms with van der Waals surface area (Å²) in [5, 5.41) is 0.715. The van der Waals surface area contributed by atoms with E-state index in [2.05, 4.69) is 19.6 Å². The highest BCUT2D eigenvalue weighted by Crippen LogP contribution is 2.23. The summed E-state index contributed by atoms with van der Waals surface area (Å²) in [4.78, 5) is 25.3. The number of nitrogens with one attached hydrogen (secondary N) is 1. The molecule has 8 nitrogen and oxygen atoms in total. The molecular formula is C26H24FN5O3S. The van der Waals surface area contributed by atoms with Crippen molar-refractivity contribution in [1.29, 1.82) is 0 Å². The minimum Gasteiger partial charge on any atom is -0.336 e. The van der Waals surface area contributed by atoms with Gasteiger partial charge < -0.3 is 4.90 Å². The summed E-state index contributed by atoms with van der Waals surface area (Å²) in [5.74, 6) is -0.299. The number of anilines is 1. The van der Waals surface area contributed by atoms with E-state index in [0.29, 0.717) is 49.2 Å². The van der Waals surface area contributed by atoms with Crippen molar-refractivity contribution in [3.63, 3.8) is 0 Å². The number of sulfonamides is 1. The lowest BCUT2D eigenvalue weighted by molar-refractivity contribution is 0.0628. The Labute approximate surface area is 208 Å². The monoisotopic (exact) mass is 505 g/mol. The fraction of sp³-hybridized carbons (Fsp3) is 0.192. The van der Waals surface area contributed by atoms with Gasteiger partial charge in [0.1, 0.15) is 16.5 Å². The zero-order valence-corrected chi connectivity index (χ0v) is 20.2. The number of carbonyl (C=O) groups excluding carboxylic acids is 1. The highest BCUT2D eigenvalue weighted by Gasteiger charge is 2.23. The molecule has 1 aliphatic rings. The van der Waals surface area contributed by atoms with E-state index in [0.717, 1.165) is 5.56 Å². The molecule has 2 aromatic carbocycles. The number of pyridine rings is 2. The van der Waals surface area contributed by atoms with Crippen LogP contribution in [0.15, 0.2) is 84.0 Å². The minimum absolute atomic E-state index is 0.0565. The molecule has 0 unspecified atom stereocenters. The van der Waals surface area contributed by atoms with E-state index in [9.17, 15) is 17.6 Å². The number of hydrogen-bond acceptors (Lipinski definition) is 6. The normalized spacial score (nSPS) is 14.6. The van der Waals surface area contributed by atoms with Gasteiger partial charge in [-0.15, -0.1) is 0 Å². The number of nitrogens with zero attached hydrogens (tertiary/aromatic N) is 4. The molecule has 0 saturated carbocycles. The van der Waals surface area contributed by atoms with E-state index in [1.165, 1.54) is 30.5 Å². The number of rotatable bonds is 6. The van der Waals surface area contributed by atoms with Crippen molar-refractivity contribution in [2.24, 2.45) is 0 Å². The maximum atomic E-state index is 13.1. The molecule has 1 amide bonds. The van der Waals surface area contributed by atoms with Crippen molar-refractivity contribution >= 4 is 32.7 Å². The Balaban J connectivity index is 1.21. The Morgan fingerprint density at radius 3 is 2.39 bits per heavy atom. The number of fused-ring (bicyclic) bond motifs is 1. The van der Waals surface area contributed by atoms with Crippen LogP contribution in [-0.2, 0) is 16.6 Å². The average Bonchev–Trinajstić information content (AvgIpc) is 2.90. The number of carbonyl (C=O) groups is 1. The number of piperazine rings is 1. The zero-order valence-electron chi connectivity index (χ0n) is 19.3. The van der Waals surface area contributed by atoms with Gasteiger partial charge in [-0.05, 0) is 42.0 Å². The average molecular weight is 506 g/mol. The van der Waals surface area contributed by atoms with Gasteiger partial charge in [-0.1, -0.05) is 30.3 Å². The van der Waals surface area contributed by atoms with E-state index < -0.39 is 10.0 Å². The summed E-state index contributed by atoms with van der Waals surface area (Å²) in [7, 11) is -3.92. The van der Waals surface area contributed by atoms with Crippen LogP contribution in [0, 0.1) is 5.82 Å². The molecule has 2 aromatic heterocycles. The quantitative estimate of drug-likeness (QED) is 0.431. The molecule has 0 atom stereocenters. The standard InChI is InChI=1S/C26H24FN5O3S/c27-22-9-6-19(7-10-22)18-31-13-15-32(16-14-31)26(33)21-8-11-24(29-17-21)30-36(34,35)23-5-1-3-20-4-2-12-28-25(20)23/h1-12,17H,13-16,18H2,(H,29,30). The molecule has 10 heteroatoms. The second kappa shape index (κ2) is 10.00. The van der Waals surface area contributed by atoms with Gasteiger partial charge in [-0.25, -0.2) is 17.8 Å². The predicted molar refractivity (Wildman–Crippen MR) is 134 cm³/mol. The van der Waals surface area contributed by atoms with Gasteiger partial charge in [0, 0.05) is 50.5 Å². The zero-order chi connectivity index (χ0) is 25.1. The van der Waals surface area contributed by atoms with E-state index in [4.69, 9.17) is 0 Å². The molecule has 184 valence electrons. The van der Waals surface area contributed by atoms with E-state index >= 15 is 0 Å². The van der Waals surface area contributed by atoms with Crippen molar-refractivity contribution < 1.29 is 17.6 Å². The smallest absolute Gasteiger partial charge is 0.265 e. The lowest BCUT2D eigenvalue weighted by Gasteiger charge is -2.34. The number of para-hydroxylation sites is 1. The van der Waals surface area contributed by atoms with E-state index in [-0.39, 0.29) is 22.4 Å². The number of amides is 1. The van der Waals surface area contributed by atoms with E-state index in [1.54, 1.807) is 53.6 Å². The topological polar surface area (TPSA) is 95.5 Å². The molecule has 5 rings (SSSR count). The third-order valence-electron chi connectivity index (χ3n) is 6.11. The van der Waals surface area contributed by atoms with Crippen LogP contribution in [0.1, 0.15) is 15.9 Å². The summed E-state index contributed by atoms with van der Waals surface area (Å²) >= 11 is 0. The van der Waals surface area contributed by atoms with Gasteiger partial charge >= 0.3 is 0 Å². The SMILES string of the molecule is O=C(c1ccc(NS(=O)(=O)c2cccc3cccnc23)nc1)N1CCN(Cc2ccc(F)cc2)CC1. The maximum Gasteiger partial charge on any atom is 0.265 e. The Kier molecular flexibility index (Phi) is 6.62. The van der Waals surface area contributed by atoms with Crippen molar-refractivity contribution in [1.82, 2.24) is 19.8 Å². The number of halogens is 1. The summed E-state index contributed by atoms with van der Waals surface area (Å²) in [6, 6.07) is 18.0. The molecule has 1 N–H and O–H groups in total. The molecule has 0 bridgehead atoms. The van der Waals surface area contributed by atoms with Crippen LogP contribution in [-0.4, -0.2) is 60.3 Å². The molecule has 3 heterocycles. The Bertz CT molecular complexity index is 1480. The highest BCUT2D eigenvalue weighted by molar-refractivity contribution is 7.93. The summed E-state index contributed by atoms with van der Waals surface area (Å²) < 4.78 is 41.5. The fourth-order valence-electron chi connectivity index (χ4n) is 4.21. The van der Waals surface area contributed by atoms with Crippen LogP contribution >= 0.6 is 0 Å². The third kappa shape index (κ3) is 5.19. The van der Waals surface area contributed by atoms with Crippen molar-refractivity contribution in [3.05, 3.63) is 96.1 Å². The molecule has 1 saturated heterocycles. The summed E-state index contributed by atoms with van der Waals surface area (Å²) in [6.45, 7) is 3.22. The van der Waals surface area contributed by atoms with Gasteiger partial charge in [0.2, 0.25) is 0 Å². The van der Waals surface area contributed by atoms with Gasteiger partial charge in [-0.2, -0.15) is 0 Å². The lowest BCUT2D eigenvalue weighted by Crippen LogP contribution is -2.48. The largest absolute Gasteiger partial charge is 0.336 e. The molecule has 4 aromatic rings. The van der Waals surface area contributed by atoms with Crippen molar-refractivity contribution in [3.8, 4) is 0 Å². The number of benzene rings is 2. The number of hydrogen-bond donors (Lipinski definition) is 1. The molecule has 0 spiro atoms.